The van der Waals surface area contributed by atoms with Crippen LogP contribution >= 0.6 is 11.6 Å². The van der Waals surface area contributed by atoms with Crippen LogP contribution in [0.2, 0.25) is 5.02 Å². The molecule has 0 aliphatic heterocycles. The van der Waals surface area contributed by atoms with E-state index in [4.69, 9.17) is 17.3 Å². The molecular weight excluding hydrogens is 260 g/mol. The summed E-state index contributed by atoms with van der Waals surface area (Å²) in [6, 6.07) is 10.7. The van der Waals surface area contributed by atoms with Gasteiger partial charge in [0, 0.05) is 11.4 Å². The Balaban J connectivity index is 2.23. The zero-order valence-corrected chi connectivity index (χ0v) is 11.6. The minimum atomic E-state index is -0.228. The van der Waals surface area contributed by atoms with Crippen LogP contribution in [0.4, 0.5) is 11.4 Å². The number of nitrogen functional groups attached to an aromatic ring is 1. The maximum atomic E-state index is 12.1. The van der Waals surface area contributed by atoms with Gasteiger partial charge in [0.1, 0.15) is 0 Å². The summed E-state index contributed by atoms with van der Waals surface area (Å²) in [7, 11) is 0. The number of hydrogen-bond acceptors (Lipinski definition) is 2. The van der Waals surface area contributed by atoms with E-state index in [1.54, 1.807) is 24.3 Å². The number of nitrogens with two attached hydrogens (primary N) is 1. The van der Waals surface area contributed by atoms with Gasteiger partial charge in [0.05, 0.1) is 10.6 Å². The van der Waals surface area contributed by atoms with Gasteiger partial charge in [0.15, 0.2) is 0 Å². The highest BCUT2D eigenvalue weighted by molar-refractivity contribution is 6.34. The molecule has 0 fully saturated rings. The second-order valence-corrected chi connectivity index (χ2v) is 4.92. The minimum Gasteiger partial charge on any atom is -0.399 e. The molecule has 0 radical (unpaired) electrons. The van der Waals surface area contributed by atoms with E-state index in [-0.39, 0.29) is 5.91 Å². The molecule has 0 saturated heterocycles. The lowest BCUT2D eigenvalue weighted by Crippen LogP contribution is -2.12. The molecule has 2 aromatic carbocycles. The predicted molar refractivity (Wildman–Crippen MR) is 79.7 cm³/mol. The molecule has 4 heteroatoms. The van der Waals surface area contributed by atoms with Crippen molar-refractivity contribution in [3.8, 4) is 0 Å². The van der Waals surface area contributed by atoms with E-state index in [1.165, 1.54) is 0 Å². The smallest absolute Gasteiger partial charge is 0.257 e. The first kappa shape index (κ1) is 13.4. The van der Waals surface area contributed by atoms with E-state index in [0.29, 0.717) is 22.0 Å². The van der Waals surface area contributed by atoms with E-state index >= 15 is 0 Å². The number of benzene rings is 2. The number of rotatable bonds is 2. The molecule has 0 aliphatic carbocycles. The molecule has 1 amide bonds. The number of hydrogen-bond donors (Lipinski definition) is 2. The Bertz CT molecular complexity index is 638. The standard InChI is InChI=1S/C15H15ClN2O/c1-9-3-5-12(13(16)7-9)15(19)18-11-4-6-14(17)10(2)8-11/h3-8H,17H2,1-2H3,(H,18,19). The number of aryl methyl sites for hydroxylation is 2. The van der Waals surface area contributed by atoms with Crippen LogP contribution in [0.5, 0.6) is 0 Å². The normalized spacial score (nSPS) is 10.3. The summed E-state index contributed by atoms with van der Waals surface area (Å²) < 4.78 is 0. The van der Waals surface area contributed by atoms with Gasteiger partial charge in [-0.1, -0.05) is 17.7 Å². The lowest BCUT2D eigenvalue weighted by Gasteiger charge is -2.09. The van der Waals surface area contributed by atoms with Crippen molar-refractivity contribution in [2.24, 2.45) is 0 Å². The van der Waals surface area contributed by atoms with Gasteiger partial charge in [0.2, 0.25) is 0 Å². The van der Waals surface area contributed by atoms with Crippen LogP contribution < -0.4 is 11.1 Å². The van der Waals surface area contributed by atoms with E-state index in [0.717, 1.165) is 11.1 Å². The molecule has 0 heterocycles. The number of halogens is 1. The summed E-state index contributed by atoms with van der Waals surface area (Å²) in [6.07, 6.45) is 0. The maximum absolute atomic E-state index is 12.1. The van der Waals surface area contributed by atoms with Crippen molar-refractivity contribution in [3.63, 3.8) is 0 Å². The monoisotopic (exact) mass is 274 g/mol. The Kier molecular flexibility index (Phi) is 3.76. The van der Waals surface area contributed by atoms with Crippen LogP contribution in [0.1, 0.15) is 21.5 Å². The van der Waals surface area contributed by atoms with Crippen molar-refractivity contribution in [3.05, 3.63) is 58.1 Å². The second-order valence-electron chi connectivity index (χ2n) is 4.51. The zero-order valence-electron chi connectivity index (χ0n) is 10.8. The average Bonchev–Trinajstić information content (AvgIpc) is 2.33. The summed E-state index contributed by atoms with van der Waals surface area (Å²) in [5.74, 6) is -0.228. The molecule has 3 nitrogen and oxygen atoms in total. The third-order valence-corrected chi connectivity index (χ3v) is 3.21. The zero-order chi connectivity index (χ0) is 14.0. The van der Waals surface area contributed by atoms with Crippen LogP contribution in [0.15, 0.2) is 36.4 Å². The molecule has 0 spiro atoms. The van der Waals surface area contributed by atoms with Gasteiger partial charge in [-0.25, -0.2) is 0 Å². The van der Waals surface area contributed by atoms with Crippen molar-refractivity contribution in [1.29, 1.82) is 0 Å². The number of nitrogens with one attached hydrogen (secondary N) is 1. The number of carbonyl (C=O) groups excluding carboxylic acids is 1. The molecule has 2 rings (SSSR count). The highest BCUT2D eigenvalue weighted by Crippen LogP contribution is 2.21. The minimum absolute atomic E-state index is 0.228. The van der Waals surface area contributed by atoms with Gasteiger partial charge in [0.25, 0.3) is 5.91 Å². The topological polar surface area (TPSA) is 55.1 Å². The fourth-order valence-corrected chi connectivity index (χ4v) is 2.08. The molecule has 0 aliphatic rings. The van der Waals surface area contributed by atoms with Gasteiger partial charge >= 0.3 is 0 Å². The average molecular weight is 275 g/mol. The van der Waals surface area contributed by atoms with Crippen LogP contribution in [-0.2, 0) is 0 Å². The largest absolute Gasteiger partial charge is 0.399 e. The number of anilines is 2. The van der Waals surface area contributed by atoms with E-state index in [9.17, 15) is 4.79 Å². The first-order chi connectivity index (χ1) is 8.97. The molecule has 0 unspecified atom stereocenters. The molecule has 0 saturated carbocycles. The highest BCUT2D eigenvalue weighted by Gasteiger charge is 2.10. The Morgan fingerprint density at radius 3 is 2.53 bits per heavy atom. The third-order valence-electron chi connectivity index (χ3n) is 2.90. The number of carbonyl (C=O) groups is 1. The van der Waals surface area contributed by atoms with Crippen LogP contribution in [0, 0.1) is 13.8 Å². The van der Waals surface area contributed by atoms with Gasteiger partial charge in [-0.05, 0) is 55.3 Å². The van der Waals surface area contributed by atoms with E-state index < -0.39 is 0 Å². The quantitative estimate of drug-likeness (QED) is 0.819. The summed E-state index contributed by atoms with van der Waals surface area (Å²) >= 11 is 6.07. The predicted octanol–water partition coefficient (Wildman–Crippen LogP) is 3.79. The molecule has 3 N–H and O–H groups in total. The van der Waals surface area contributed by atoms with Crippen molar-refractivity contribution in [2.75, 3.05) is 11.1 Å². The summed E-state index contributed by atoms with van der Waals surface area (Å²) in [6.45, 7) is 3.82. The van der Waals surface area contributed by atoms with Crippen molar-refractivity contribution < 1.29 is 4.79 Å². The first-order valence-electron chi connectivity index (χ1n) is 5.91. The SMILES string of the molecule is Cc1ccc(C(=O)Nc2ccc(N)c(C)c2)c(Cl)c1. The highest BCUT2D eigenvalue weighted by atomic mass is 35.5. The van der Waals surface area contributed by atoms with Gasteiger partial charge in [-0.3, -0.25) is 4.79 Å². The Morgan fingerprint density at radius 2 is 1.89 bits per heavy atom. The summed E-state index contributed by atoms with van der Waals surface area (Å²) in [4.78, 5) is 12.1. The molecule has 98 valence electrons. The maximum Gasteiger partial charge on any atom is 0.257 e. The van der Waals surface area contributed by atoms with Crippen molar-refractivity contribution >= 4 is 28.9 Å². The molecule has 19 heavy (non-hydrogen) atoms. The third kappa shape index (κ3) is 3.06. The van der Waals surface area contributed by atoms with Crippen molar-refractivity contribution in [1.82, 2.24) is 0 Å². The number of amides is 1. The molecule has 0 bridgehead atoms. The lowest BCUT2D eigenvalue weighted by molar-refractivity contribution is 0.102. The van der Waals surface area contributed by atoms with E-state index in [2.05, 4.69) is 5.32 Å². The van der Waals surface area contributed by atoms with Gasteiger partial charge < -0.3 is 11.1 Å². The summed E-state index contributed by atoms with van der Waals surface area (Å²) in [5, 5.41) is 3.26. The van der Waals surface area contributed by atoms with Crippen molar-refractivity contribution in [2.45, 2.75) is 13.8 Å². The van der Waals surface area contributed by atoms with Gasteiger partial charge in [-0.15, -0.1) is 0 Å². The molecule has 0 atom stereocenters. The molecule has 2 aromatic rings. The van der Waals surface area contributed by atoms with Crippen LogP contribution in [-0.4, -0.2) is 5.91 Å². The lowest BCUT2D eigenvalue weighted by atomic mass is 10.1. The van der Waals surface area contributed by atoms with E-state index in [1.807, 2.05) is 26.0 Å². The Morgan fingerprint density at radius 1 is 1.16 bits per heavy atom. The molecule has 0 aromatic heterocycles. The first-order valence-corrected chi connectivity index (χ1v) is 6.29. The van der Waals surface area contributed by atoms with Crippen LogP contribution in [0.25, 0.3) is 0 Å². The van der Waals surface area contributed by atoms with Crippen LogP contribution in [0.3, 0.4) is 0 Å². The second kappa shape index (κ2) is 5.33. The Hall–Kier alpha value is -2.00. The van der Waals surface area contributed by atoms with Gasteiger partial charge in [-0.2, -0.15) is 0 Å². The fourth-order valence-electron chi connectivity index (χ4n) is 1.76. The fraction of sp³-hybridized carbons (Fsp3) is 0.133. The molecular formula is C15H15ClN2O. The Labute approximate surface area is 117 Å². The summed E-state index contributed by atoms with van der Waals surface area (Å²) in [5.41, 5.74) is 9.54.